The van der Waals surface area contributed by atoms with E-state index in [1.165, 1.54) is 174 Å². The van der Waals surface area contributed by atoms with Gasteiger partial charge in [-0.05, 0) is 38.9 Å². The molecule has 0 aromatic rings. The van der Waals surface area contributed by atoms with Crippen LogP contribution in [0.25, 0.3) is 0 Å². The Kier molecular flexibility index (Phi) is 28.0. The minimum Gasteiger partial charge on any atom is -0.303 e. The number of rotatable bonds is 27. The third-order valence-corrected chi connectivity index (χ3v) is 6.98. The van der Waals surface area contributed by atoms with E-state index in [0.717, 1.165) is 0 Å². The van der Waals surface area contributed by atoms with E-state index < -0.39 is 0 Å². The van der Waals surface area contributed by atoms with Crippen molar-refractivity contribution in [2.45, 2.75) is 175 Å². The molecule has 0 N–H and O–H groups in total. The van der Waals surface area contributed by atoms with E-state index in [0.29, 0.717) is 0 Å². The van der Waals surface area contributed by atoms with Gasteiger partial charge >= 0.3 is 0 Å². The van der Waals surface area contributed by atoms with Gasteiger partial charge in [-0.25, -0.2) is 0 Å². The first-order chi connectivity index (χ1) is 15.3. The molecule has 0 rings (SSSR count). The molecule has 0 heterocycles. The maximum absolute atomic E-state index is 2.78. The van der Waals surface area contributed by atoms with E-state index in [1.54, 1.807) is 0 Å². The third kappa shape index (κ3) is 26.1. The van der Waals surface area contributed by atoms with E-state index in [2.05, 4.69) is 25.7 Å². The fraction of sp³-hybridized carbons (Fsp3) is 1.00. The van der Waals surface area contributed by atoms with Crippen molar-refractivity contribution in [1.29, 1.82) is 0 Å². The van der Waals surface area contributed by atoms with Gasteiger partial charge in [0.15, 0.2) is 0 Å². The van der Waals surface area contributed by atoms with Crippen LogP contribution in [0.2, 0.25) is 0 Å². The molecular weight excluding hydrogens is 374 g/mol. The molecule has 0 bridgehead atoms. The molecule has 0 fully saturated rings. The van der Waals surface area contributed by atoms with Crippen LogP contribution < -0.4 is 0 Å². The molecule has 0 aliphatic carbocycles. The van der Waals surface area contributed by atoms with Gasteiger partial charge in [-0.2, -0.15) is 0 Å². The van der Waals surface area contributed by atoms with Crippen molar-refractivity contribution >= 4 is 0 Å². The first-order valence-electron chi connectivity index (χ1n) is 15.1. The van der Waals surface area contributed by atoms with E-state index in [-0.39, 0.29) is 0 Å². The minimum atomic E-state index is 1.34. The van der Waals surface area contributed by atoms with Gasteiger partial charge in [0.05, 0.1) is 0 Å². The molecule has 0 aliphatic rings. The lowest BCUT2D eigenvalue weighted by atomic mass is 10.0. The second kappa shape index (κ2) is 28.0. The predicted octanol–water partition coefficient (Wildman–Crippen LogP) is 10.7. The van der Waals surface area contributed by atoms with Crippen LogP contribution in [-0.2, 0) is 0 Å². The van der Waals surface area contributed by atoms with Gasteiger partial charge < -0.3 is 4.90 Å². The molecule has 1 heteroatoms. The van der Waals surface area contributed by atoms with Gasteiger partial charge in [0, 0.05) is 0 Å². The van der Waals surface area contributed by atoms with Crippen LogP contribution in [0.1, 0.15) is 175 Å². The van der Waals surface area contributed by atoms with Crippen LogP contribution in [0.5, 0.6) is 0 Å². The van der Waals surface area contributed by atoms with Crippen LogP contribution in [0.15, 0.2) is 0 Å². The average molecular weight is 438 g/mol. The Morgan fingerprint density at radius 3 is 0.774 bits per heavy atom. The molecule has 0 aromatic heterocycles. The second-order valence-corrected chi connectivity index (χ2v) is 10.3. The number of nitrogens with zero attached hydrogens (tertiary/aromatic N) is 1. The standard InChI is InChI=1S/C30H63N/c1-4-7-10-12-14-16-17-18-19-20-21-23-25-27-30-31(28-9-6-3)29-26-24-22-15-13-11-8-5-2/h4-30H2,1-3H3. The van der Waals surface area contributed by atoms with E-state index >= 15 is 0 Å². The van der Waals surface area contributed by atoms with Crippen molar-refractivity contribution in [1.82, 2.24) is 4.90 Å². The van der Waals surface area contributed by atoms with Gasteiger partial charge in [0.2, 0.25) is 0 Å². The predicted molar refractivity (Wildman–Crippen MR) is 144 cm³/mol. The Morgan fingerprint density at radius 1 is 0.258 bits per heavy atom. The Hall–Kier alpha value is -0.0400. The van der Waals surface area contributed by atoms with E-state index in [9.17, 15) is 0 Å². The Labute approximate surface area is 199 Å². The number of hydrogen-bond donors (Lipinski definition) is 0. The molecule has 0 saturated heterocycles. The van der Waals surface area contributed by atoms with Crippen LogP contribution in [0.4, 0.5) is 0 Å². The molecule has 188 valence electrons. The highest BCUT2D eigenvalue weighted by Gasteiger charge is 2.04. The highest BCUT2D eigenvalue weighted by molar-refractivity contribution is 4.60. The van der Waals surface area contributed by atoms with Crippen LogP contribution in [-0.4, -0.2) is 24.5 Å². The molecule has 0 unspecified atom stereocenters. The van der Waals surface area contributed by atoms with Crippen molar-refractivity contribution in [3.8, 4) is 0 Å². The van der Waals surface area contributed by atoms with Crippen molar-refractivity contribution in [3.05, 3.63) is 0 Å². The summed E-state index contributed by atoms with van der Waals surface area (Å²) < 4.78 is 0. The summed E-state index contributed by atoms with van der Waals surface area (Å²) in [5.74, 6) is 0. The topological polar surface area (TPSA) is 3.24 Å². The summed E-state index contributed by atoms with van der Waals surface area (Å²) in [6.07, 6.45) is 34.7. The van der Waals surface area contributed by atoms with Gasteiger partial charge in [-0.15, -0.1) is 0 Å². The molecule has 0 spiro atoms. The first-order valence-corrected chi connectivity index (χ1v) is 15.1. The molecule has 0 aliphatic heterocycles. The number of hydrogen-bond acceptors (Lipinski definition) is 1. The maximum Gasteiger partial charge on any atom is -0.00187 e. The highest BCUT2D eigenvalue weighted by atomic mass is 15.1. The Bertz CT molecular complexity index is 301. The fourth-order valence-electron chi connectivity index (χ4n) is 4.72. The summed E-state index contributed by atoms with van der Waals surface area (Å²) in [7, 11) is 0. The highest BCUT2D eigenvalue weighted by Crippen LogP contribution is 2.14. The Morgan fingerprint density at radius 2 is 0.484 bits per heavy atom. The van der Waals surface area contributed by atoms with Crippen LogP contribution >= 0.6 is 0 Å². The van der Waals surface area contributed by atoms with Crippen molar-refractivity contribution in [2.24, 2.45) is 0 Å². The maximum atomic E-state index is 2.78. The second-order valence-electron chi connectivity index (χ2n) is 10.3. The molecule has 0 radical (unpaired) electrons. The van der Waals surface area contributed by atoms with Gasteiger partial charge in [0.1, 0.15) is 0 Å². The SMILES string of the molecule is CCCCCCCCCCCCCCCCN(CCCC)CCCCCCCCCC. The fourth-order valence-corrected chi connectivity index (χ4v) is 4.72. The first kappa shape index (κ1) is 31.0. The summed E-state index contributed by atoms with van der Waals surface area (Å²) in [5.41, 5.74) is 0. The quantitative estimate of drug-likeness (QED) is 0.115. The van der Waals surface area contributed by atoms with Gasteiger partial charge in [-0.1, -0.05) is 156 Å². The van der Waals surface area contributed by atoms with Crippen molar-refractivity contribution in [3.63, 3.8) is 0 Å². The Balaban J connectivity index is 3.46. The van der Waals surface area contributed by atoms with Gasteiger partial charge in [-0.3, -0.25) is 0 Å². The van der Waals surface area contributed by atoms with Crippen LogP contribution in [0.3, 0.4) is 0 Å². The zero-order valence-electron chi connectivity index (χ0n) is 22.5. The van der Waals surface area contributed by atoms with E-state index in [4.69, 9.17) is 0 Å². The van der Waals surface area contributed by atoms with Crippen LogP contribution in [0, 0.1) is 0 Å². The van der Waals surface area contributed by atoms with Crippen molar-refractivity contribution in [2.75, 3.05) is 19.6 Å². The zero-order chi connectivity index (χ0) is 22.7. The lowest BCUT2D eigenvalue weighted by Gasteiger charge is -2.22. The minimum absolute atomic E-state index is 1.34. The zero-order valence-corrected chi connectivity index (χ0v) is 22.5. The molecule has 0 amide bonds. The summed E-state index contributed by atoms with van der Waals surface area (Å²) in [6, 6.07) is 0. The molecule has 0 aromatic carbocycles. The summed E-state index contributed by atoms with van der Waals surface area (Å²) in [5, 5.41) is 0. The summed E-state index contributed by atoms with van der Waals surface area (Å²) in [4.78, 5) is 2.78. The molecule has 1 nitrogen and oxygen atoms in total. The molecule has 0 atom stereocenters. The largest absolute Gasteiger partial charge is 0.303 e. The lowest BCUT2D eigenvalue weighted by Crippen LogP contribution is -2.27. The monoisotopic (exact) mass is 437 g/mol. The number of unbranched alkanes of at least 4 members (excludes halogenated alkanes) is 21. The molecule has 0 saturated carbocycles. The lowest BCUT2D eigenvalue weighted by molar-refractivity contribution is 0.256. The van der Waals surface area contributed by atoms with Crippen molar-refractivity contribution < 1.29 is 0 Å². The average Bonchev–Trinajstić information content (AvgIpc) is 2.78. The molecular formula is C30H63N. The normalized spacial score (nSPS) is 11.6. The van der Waals surface area contributed by atoms with E-state index in [1.807, 2.05) is 0 Å². The summed E-state index contributed by atoms with van der Waals surface area (Å²) >= 11 is 0. The van der Waals surface area contributed by atoms with Gasteiger partial charge in [0.25, 0.3) is 0 Å². The summed E-state index contributed by atoms with van der Waals surface area (Å²) in [6.45, 7) is 11.0. The molecule has 31 heavy (non-hydrogen) atoms. The smallest absolute Gasteiger partial charge is 0.00187 e. The third-order valence-electron chi connectivity index (χ3n) is 6.98.